The fourth-order valence-corrected chi connectivity index (χ4v) is 1.88. The van der Waals surface area contributed by atoms with E-state index < -0.39 is 5.97 Å². The summed E-state index contributed by atoms with van der Waals surface area (Å²) in [5.41, 5.74) is 2.55. The van der Waals surface area contributed by atoms with Crippen LogP contribution in [0.4, 0.5) is 0 Å². The Hall–Kier alpha value is -2.10. The molecule has 0 unspecified atom stereocenters. The Bertz CT molecular complexity index is 555. The van der Waals surface area contributed by atoms with Gasteiger partial charge in [-0.2, -0.15) is 0 Å². The van der Waals surface area contributed by atoms with Crippen LogP contribution in [0, 0.1) is 0 Å². The molecule has 0 saturated heterocycles. The first-order chi connectivity index (χ1) is 8.67. The molecule has 4 nitrogen and oxygen atoms in total. The molecule has 0 aliphatic rings. The molecule has 0 amide bonds. The number of aromatic carboxylic acids is 1. The minimum absolute atomic E-state index is 0.168. The average molecular weight is 245 g/mol. The number of carboxylic acid groups (broad SMARTS) is 1. The first kappa shape index (κ1) is 12.4. The minimum atomic E-state index is -0.998. The quantitative estimate of drug-likeness (QED) is 0.898. The third kappa shape index (κ3) is 2.14. The zero-order valence-electron chi connectivity index (χ0n) is 10.4. The van der Waals surface area contributed by atoms with Crippen LogP contribution < -0.4 is 0 Å². The van der Waals surface area contributed by atoms with Gasteiger partial charge < -0.3 is 9.63 Å². The van der Waals surface area contributed by atoms with Gasteiger partial charge in [-0.3, -0.25) is 0 Å². The van der Waals surface area contributed by atoms with Crippen LogP contribution in [0.15, 0.2) is 28.8 Å². The summed E-state index contributed by atoms with van der Waals surface area (Å²) in [6.45, 7) is 3.92. The van der Waals surface area contributed by atoms with E-state index in [0.29, 0.717) is 17.9 Å². The number of hydrogen-bond donors (Lipinski definition) is 1. The minimum Gasteiger partial charge on any atom is -0.477 e. The summed E-state index contributed by atoms with van der Waals surface area (Å²) in [6, 6.07) is 7.70. The molecular weight excluding hydrogens is 230 g/mol. The molecule has 0 atom stereocenters. The van der Waals surface area contributed by atoms with E-state index in [1.807, 2.05) is 31.2 Å². The molecule has 0 fully saturated rings. The number of nitrogens with zero attached hydrogens (tertiary/aromatic N) is 1. The molecule has 1 N–H and O–H groups in total. The third-order valence-electron chi connectivity index (χ3n) is 2.93. The molecule has 0 bridgehead atoms. The number of aryl methyl sites for hydroxylation is 2. The van der Waals surface area contributed by atoms with Crippen molar-refractivity contribution in [1.82, 2.24) is 5.16 Å². The topological polar surface area (TPSA) is 63.3 Å². The van der Waals surface area contributed by atoms with Gasteiger partial charge in [0.05, 0.1) is 0 Å². The lowest BCUT2D eigenvalue weighted by Gasteiger charge is -2.00. The van der Waals surface area contributed by atoms with Crippen molar-refractivity contribution in [3.63, 3.8) is 0 Å². The normalized spacial score (nSPS) is 10.6. The van der Waals surface area contributed by atoms with Gasteiger partial charge in [0.25, 0.3) is 0 Å². The fraction of sp³-hybridized carbons (Fsp3) is 0.286. The van der Waals surface area contributed by atoms with Crippen LogP contribution in [0.3, 0.4) is 0 Å². The number of aromatic nitrogens is 1. The Labute approximate surface area is 105 Å². The molecule has 94 valence electrons. The summed E-state index contributed by atoms with van der Waals surface area (Å²) in [7, 11) is 0. The van der Waals surface area contributed by atoms with Gasteiger partial charge in [0.2, 0.25) is 0 Å². The molecule has 1 heterocycles. The molecule has 0 aliphatic heterocycles. The van der Waals surface area contributed by atoms with Crippen molar-refractivity contribution in [3.8, 4) is 11.3 Å². The van der Waals surface area contributed by atoms with E-state index in [0.717, 1.165) is 12.0 Å². The number of hydrogen-bond acceptors (Lipinski definition) is 3. The second-order valence-corrected chi connectivity index (χ2v) is 4.04. The van der Waals surface area contributed by atoms with Gasteiger partial charge in [0, 0.05) is 12.0 Å². The van der Waals surface area contributed by atoms with E-state index in [-0.39, 0.29) is 5.56 Å². The maximum atomic E-state index is 11.3. The first-order valence-electron chi connectivity index (χ1n) is 5.98. The van der Waals surface area contributed by atoms with Crippen LogP contribution in [-0.4, -0.2) is 16.2 Å². The zero-order valence-corrected chi connectivity index (χ0v) is 10.4. The molecule has 1 aromatic carbocycles. The first-order valence-corrected chi connectivity index (χ1v) is 5.98. The van der Waals surface area contributed by atoms with E-state index >= 15 is 0 Å². The lowest BCUT2D eigenvalue weighted by atomic mass is 10.0. The molecule has 0 aliphatic carbocycles. The van der Waals surface area contributed by atoms with Crippen LogP contribution in [0.5, 0.6) is 0 Å². The highest BCUT2D eigenvalue weighted by atomic mass is 16.5. The highest BCUT2D eigenvalue weighted by Crippen LogP contribution is 2.26. The highest BCUT2D eigenvalue weighted by molar-refractivity contribution is 5.95. The number of rotatable bonds is 4. The Morgan fingerprint density at radius 1 is 1.22 bits per heavy atom. The van der Waals surface area contributed by atoms with E-state index in [2.05, 4.69) is 12.1 Å². The fourth-order valence-electron chi connectivity index (χ4n) is 1.88. The molecule has 0 saturated carbocycles. The predicted octanol–water partition coefficient (Wildman–Crippen LogP) is 3.16. The number of benzene rings is 1. The van der Waals surface area contributed by atoms with Crippen molar-refractivity contribution in [1.29, 1.82) is 0 Å². The van der Waals surface area contributed by atoms with E-state index in [4.69, 9.17) is 4.52 Å². The lowest BCUT2D eigenvalue weighted by Crippen LogP contribution is -2.00. The van der Waals surface area contributed by atoms with Crippen LogP contribution in [0.2, 0.25) is 0 Å². The SMILES string of the molecule is CCc1ccc(-c2noc(CC)c2C(=O)O)cc1. The van der Waals surface area contributed by atoms with Gasteiger partial charge in [-0.1, -0.05) is 43.3 Å². The smallest absolute Gasteiger partial charge is 0.341 e. The second-order valence-electron chi connectivity index (χ2n) is 4.04. The van der Waals surface area contributed by atoms with Crippen LogP contribution in [0.1, 0.15) is 35.5 Å². The molecule has 18 heavy (non-hydrogen) atoms. The highest BCUT2D eigenvalue weighted by Gasteiger charge is 2.22. The molecule has 2 aromatic rings. The number of carbonyl (C=O) groups is 1. The van der Waals surface area contributed by atoms with Crippen molar-refractivity contribution in [2.24, 2.45) is 0 Å². The summed E-state index contributed by atoms with van der Waals surface area (Å²) in [6.07, 6.45) is 1.47. The monoisotopic (exact) mass is 245 g/mol. The Kier molecular flexibility index (Phi) is 3.46. The Morgan fingerprint density at radius 2 is 1.89 bits per heavy atom. The largest absolute Gasteiger partial charge is 0.477 e. The maximum absolute atomic E-state index is 11.3. The molecular formula is C14H15NO3. The summed E-state index contributed by atoms with van der Waals surface area (Å²) >= 11 is 0. The maximum Gasteiger partial charge on any atom is 0.341 e. The van der Waals surface area contributed by atoms with E-state index in [1.165, 1.54) is 5.56 Å². The van der Waals surface area contributed by atoms with Gasteiger partial charge in [0.15, 0.2) is 5.76 Å². The second kappa shape index (κ2) is 5.04. The van der Waals surface area contributed by atoms with Crippen LogP contribution >= 0.6 is 0 Å². The van der Waals surface area contributed by atoms with E-state index in [1.54, 1.807) is 0 Å². The van der Waals surface area contributed by atoms with Crippen molar-refractivity contribution in [2.75, 3.05) is 0 Å². The third-order valence-corrected chi connectivity index (χ3v) is 2.93. The van der Waals surface area contributed by atoms with Crippen LogP contribution in [0.25, 0.3) is 11.3 Å². The van der Waals surface area contributed by atoms with Crippen molar-refractivity contribution >= 4 is 5.97 Å². The summed E-state index contributed by atoms with van der Waals surface area (Å²) in [5, 5.41) is 13.1. The number of carboxylic acids is 1. The van der Waals surface area contributed by atoms with Gasteiger partial charge in [0.1, 0.15) is 11.3 Å². The summed E-state index contributed by atoms with van der Waals surface area (Å²) in [5.74, 6) is -0.584. The average Bonchev–Trinajstić information content (AvgIpc) is 2.82. The molecule has 1 aromatic heterocycles. The molecule has 2 rings (SSSR count). The Morgan fingerprint density at radius 3 is 2.39 bits per heavy atom. The van der Waals surface area contributed by atoms with Crippen LogP contribution in [-0.2, 0) is 12.8 Å². The Balaban J connectivity index is 2.49. The lowest BCUT2D eigenvalue weighted by molar-refractivity contribution is 0.0695. The van der Waals surface area contributed by atoms with Crippen molar-refractivity contribution in [3.05, 3.63) is 41.2 Å². The van der Waals surface area contributed by atoms with E-state index in [9.17, 15) is 9.90 Å². The molecule has 4 heteroatoms. The predicted molar refractivity (Wildman–Crippen MR) is 67.7 cm³/mol. The zero-order chi connectivity index (χ0) is 13.1. The standard InChI is InChI=1S/C14H15NO3/c1-3-9-5-7-10(8-6-9)13-12(14(16)17)11(4-2)18-15-13/h5-8H,3-4H2,1-2H3,(H,16,17). The van der Waals surface area contributed by atoms with Gasteiger partial charge in [-0.25, -0.2) is 4.79 Å². The molecule has 0 radical (unpaired) electrons. The van der Waals surface area contributed by atoms with Crippen molar-refractivity contribution < 1.29 is 14.4 Å². The van der Waals surface area contributed by atoms with Gasteiger partial charge >= 0.3 is 5.97 Å². The molecule has 0 spiro atoms. The van der Waals surface area contributed by atoms with Gasteiger partial charge in [-0.15, -0.1) is 0 Å². The van der Waals surface area contributed by atoms with Crippen molar-refractivity contribution in [2.45, 2.75) is 26.7 Å². The summed E-state index contributed by atoms with van der Waals surface area (Å²) < 4.78 is 5.09. The van der Waals surface area contributed by atoms with Gasteiger partial charge in [-0.05, 0) is 12.0 Å². The summed E-state index contributed by atoms with van der Waals surface area (Å²) in [4.78, 5) is 11.3.